The van der Waals surface area contributed by atoms with Gasteiger partial charge < -0.3 is 19.9 Å². The van der Waals surface area contributed by atoms with E-state index in [-0.39, 0.29) is 11.3 Å². The Kier molecular flexibility index (Phi) is 9.41. The fourth-order valence-corrected chi connectivity index (χ4v) is 5.77. The molecule has 0 aliphatic carbocycles. The molecule has 46 heavy (non-hydrogen) atoms. The van der Waals surface area contributed by atoms with Crippen molar-refractivity contribution in [2.24, 2.45) is 0 Å². The lowest BCUT2D eigenvalue weighted by Crippen LogP contribution is -2.54. The number of esters is 1. The normalized spacial score (nSPS) is 16.6. The second-order valence-corrected chi connectivity index (χ2v) is 12.3. The lowest BCUT2D eigenvalue weighted by molar-refractivity contribution is -0.125. The van der Waals surface area contributed by atoms with Gasteiger partial charge in [-0.25, -0.2) is 9.69 Å². The third kappa shape index (κ3) is 6.45. The molecule has 0 unspecified atom stereocenters. The number of nitrogens with one attached hydrogen (secondary N) is 1. The maximum Gasteiger partial charge on any atom is 0.337 e. The monoisotopic (exact) mass is 623 g/mol. The molecule has 0 aromatic heterocycles. The van der Waals surface area contributed by atoms with Crippen molar-refractivity contribution in [3.05, 3.63) is 89.5 Å². The summed E-state index contributed by atoms with van der Waals surface area (Å²) < 4.78 is 4.86. The molecular weight excluding hydrogens is 582 g/mol. The summed E-state index contributed by atoms with van der Waals surface area (Å²) in [7, 11) is 5.31. The zero-order chi connectivity index (χ0) is 33.2. The second-order valence-electron chi connectivity index (χ2n) is 12.3. The van der Waals surface area contributed by atoms with E-state index in [9.17, 15) is 19.2 Å². The summed E-state index contributed by atoms with van der Waals surface area (Å²) in [5, 5.41) is 3.44. The summed E-state index contributed by atoms with van der Waals surface area (Å²) in [5.74, 6) is -1.37. The summed E-state index contributed by atoms with van der Waals surface area (Å²) in [4.78, 5) is 59.8. The Bertz CT molecular complexity index is 1670. The van der Waals surface area contributed by atoms with Crippen molar-refractivity contribution in [1.29, 1.82) is 0 Å². The van der Waals surface area contributed by atoms with Crippen LogP contribution in [0.15, 0.2) is 72.8 Å². The van der Waals surface area contributed by atoms with E-state index in [4.69, 9.17) is 4.74 Å². The van der Waals surface area contributed by atoms with E-state index in [1.807, 2.05) is 80.4 Å². The molecule has 10 heteroatoms. The maximum absolute atomic E-state index is 13.9. The largest absolute Gasteiger partial charge is 0.465 e. The van der Waals surface area contributed by atoms with Gasteiger partial charge in [0.05, 0.1) is 41.7 Å². The lowest BCUT2D eigenvalue weighted by Gasteiger charge is -2.39. The number of nitrogens with zero attached hydrogens (tertiary/aromatic N) is 4. The van der Waals surface area contributed by atoms with Crippen molar-refractivity contribution in [2.75, 3.05) is 69.0 Å². The molecule has 1 fully saturated rings. The quantitative estimate of drug-likeness (QED) is 0.275. The summed E-state index contributed by atoms with van der Waals surface area (Å²) in [5.41, 5.74) is 3.52. The highest BCUT2D eigenvalue weighted by molar-refractivity contribution is 6.43. The van der Waals surface area contributed by atoms with E-state index in [0.29, 0.717) is 34.8 Å². The van der Waals surface area contributed by atoms with Crippen molar-refractivity contribution in [3.63, 3.8) is 0 Å². The van der Waals surface area contributed by atoms with E-state index in [0.717, 1.165) is 42.3 Å². The van der Waals surface area contributed by atoms with Crippen LogP contribution < -0.4 is 15.1 Å². The number of piperazine rings is 1. The fraction of sp³-hybridized carbons (Fsp3) is 0.333. The van der Waals surface area contributed by atoms with Crippen molar-refractivity contribution >= 4 is 51.9 Å². The van der Waals surface area contributed by atoms with Crippen LogP contribution >= 0.6 is 0 Å². The van der Waals surface area contributed by atoms with Crippen LogP contribution in [0, 0.1) is 0 Å². The summed E-state index contributed by atoms with van der Waals surface area (Å²) in [6, 6.07) is 21.9. The van der Waals surface area contributed by atoms with Gasteiger partial charge in [-0.1, -0.05) is 36.4 Å². The highest BCUT2D eigenvalue weighted by Crippen LogP contribution is 2.42. The average molecular weight is 624 g/mol. The second kappa shape index (κ2) is 13.3. The van der Waals surface area contributed by atoms with Gasteiger partial charge in [-0.3, -0.25) is 19.3 Å². The molecule has 0 bridgehead atoms. The van der Waals surface area contributed by atoms with Gasteiger partial charge in [0.25, 0.3) is 5.91 Å². The van der Waals surface area contributed by atoms with E-state index in [1.54, 1.807) is 12.1 Å². The van der Waals surface area contributed by atoms with Gasteiger partial charge in [-0.05, 0) is 62.9 Å². The molecule has 2 amide bonds. The Labute approximate surface area is 270 Å². The van der Waals surface area contributed by atoms with Gasteiger partial charge in [0.15, 0.2) is 5.78 Å². The minimum atomic E-state index is -0.728. The number of likely N-dealkylation sites (N-methyl/N-ethyl adjacent to an activating group) is 2. The average Bonchev–Trinajstić information content (AvgIpc) is 3.35. The predicted octanol–water partition coefficient (Wildman–Crippen LogP) is 4.38. The van der Waals surface area contributed by atoms with Crippen LogP contribution in [0.4, 0.5) is 17.1 Å². The van der Waals surface area contributed by atoms with Crippen molar-refractivity contribution in [1.82, 2.24) is 9.80 Å². The maximum atomic E-state index is 13.9. The highest BCUT2D eigenvalue weighted by atomic mass is 16.5. The van der Waals surface area contributed by atoms with Gasteiger partial charge in [-0.15, -0.1) is 0 Å². The molecule has 2 aliphatic rings. The fourth-order valence-electron chi connectivity index (χ4n) is 5.77. The Morgan fingerprint density at radius 3 is 2.17 bits per heavy atom. The molecule has 0 radical (unpaired) electrons. The standard InChI is InChI=1S/C36H41N5O5/c1-24(42)41-30-22-26(35(45)46-6)12-17-29(30)32(34(41)44)33(25-10-8-7-9-11-25)37-27-13-15-28(16-14-27)39(5)36(2,3)31(43)23-40-20-18-38(4)19-21-40/h7-17,22,37H,18-21,23H2,1-6H3/b33-32-. The van der Waals surface area contributed by atoms with Crippen LogP contribution in [-0.4, -0.2) is 92.8 Å². The molecule has 0 atom stereocenters. The molecule has 1 N–H and O–H groups in total. The first-order valence-electron chi connectivity index (χ1n) is 15.3. The highest BCUT2D eigenvalue weighted by Gasteiger charge is 2.38. The van der Waals surface area contributed by atoms with Gasteiger partial charge >= 0.3 is 5.97 Å². The number of hydrogen-bond acceptors (Lipinski definition) is 9. The van der Waals surface area contributed by atoms with Gasteiger partial charge in [0, 0.05) is 57.1 Å². The van der Waals surface area contributed by atoms with Crippen molar-refractivity contribution in [3.8, 4) is 0 Å². The van der Waals surface area contributed by atoms with Crippen molar-refractivity contribution < 1.29 is 23.9 Å². The number of methoxy groups -OCH3 is 1. The number of imide groups is 1. The Morgan fingerprint density at radius 1 is 0.913 bits per heavy atom. The molecule has 3 aromatic carbocycles. The number of rotatable bonds is 9. The van der Waals surface area contributed by atoms with Crippen molar-refractivity contribution in [2.45, 2.75) is 26.3 Å². The first kappa shape index (κ1) is 32.6. The smallest absolute Gasteiger partial charge is 0.337 e. The molecule has 0 spiro atoms. The molecule has 10 nitrogen and oxygen atoms in total. The van der Waals surface area contributed by atoms with Crippen LogP contribution in [-0.2, 0) is 19.1 Å². The van der Waals surface area contributed by atoms with Crippen LogP contribution in [0.3, 0.4) is 0 Å². The van der Waals surface area contributed by atoms with Crippen LogP contribution in [0.5, 0.6) is 0 Å². The van der Waals surface area contributed by atoms with Gasteiger partial charge in [-0.2, -0.15) is 0 Å². The number of anilines is 3. The van der Waals surface area contributed by atoms with Gasteiger partial charge in [0.1, 0.15) is 0 Å². The lowest BCUT2D eigenvalue weighted by atomic mass is 9.95. The van der Waals surface area contributed by atoms with E-state index in [2.05, 4.69) is 22.2 Å². The zero-order valence-corrected chi connectivity index (χ0v) is 27.3. The van der Waals surface area contributed by atoms with E-state index >= 15 is 0 Å². The molecular formula is C36H41N5O5. The Hall–Kier alpha value is -4.80. The molecule has 240 valence electrons. The van der Waals surface area contributed by atoms with Gasteiger partial charge in [0.2, 0.25) is 5.91 Å². The van der Waals surface area contributed by atoms with E-state index < -0.39 is 23.3 Å². The van der Waals surface area contributed by atoms with E-state index in [1.165, 1.54) is 20.1 Å². The topological polar surface area (TPSA) is 102 Å². The predicted molar refractivity (Wildman–Crippen MR) is 181 cm³/mol. The molecule has 2 heterocycles. The van der Waals surface area contributed by atoms with Crippen LogP contribution in [0.2, 0.25) is 0 Å². The number of ketones is 1. The number of hydrogen-bond donors (Lipinski definition) is 1. The number of carbonyl (C=O) groups excluding carboxylic acids is 4. The Balaban J connectivity index is 1.46. The SMILES string of the molecule is COC(=O)c1ccc2c(c1)N(C(C)=O)C(=O)/C2=C(\Nc1ccc(N(C)C(C)(C)C(=O)CN2CCN(C)CC2)cc1)c1ccccc1. The first-order valence-corrected chi connectivity index (χ1v) is 15.3. The zero-order valence-electron chi connectivity index (χ0n) is 27.3. The summed E-state index contributed by atoms with van der Waals surface area (Å²) >= 11 is 0. The number of carbonyl (C=O) groups is 4. The molecule has 5 rings (SSSR count). The third-order valence-corrected chi connectivity index (χ3v) is 8.98. The molecule has 3 aromatic rings. The summed E-state index contributed by atoms with van der Waals surface area (Å²) in [6.45, 7) is 9.30. The molecule has 1 saturated heterocycles. The Morgan fingerprint density at radius 2 is 1.57 bits per heavy atom. The van der Waals surface area contributed by atoms with Crippen LogP contribution in [0.25, 0.3) is 11.3 Å². The summed E-state index contributed by atoms with van der Waals surface area (Å²) in [6.07, 6.45) is 0. The molecule has 0 saturated carbocycles. The first-order chi connectivity index (χ1) is 21.9. The number of benzene rings is 3. The third-order valence-electron chi connectivity index (χ3n) is 8.98. The minimum absolute atomic E-state index is 0.154. The molecule has 2 aliphatic heterocycles. The number of ether oxygens (including phenoxy) is 1. The number of fused-ring (bicyclic) bond motifs is 1. The number of Topliss-reactive ketones (excluding diaryl/α,β-unsaturated/α-hetero) is 1. The number of amides is 2. The minimum Gasteiger partial charge on any atom is -0.465 e. The van der Waals surface area contributed by atoms with Crippen LogP contribution in [0.1, 0.15) is 42.3 Å².